The molecule has 0 unspecified atom stereocenters. The zero-order valence-corrected chi connectivity index (χ0v) is 13.9. The van der Waals surface area contributed by atoms with Crippen molar-refractivity contribution in [3.8, 4) is 0 Å². The van der Waals surface area contributed by atoms with Crippen molar-refractivity contribution in [2.45, 2.75) is 45.7 Å². The maximum absolute atomic E-state index is 12.8. The third-order valence-corrected chi connectivity index (χ3v) is 4.33. The number of fused-ring (bicyclic) bond motifs is 1. The van der Waals surface area contributed by atoms with Crippen LogP contribution in [-0.4, -0.2) is 27.7 Å². The highest BCUT2D eigenvalue weighted by Crippen LogP contribution is 2.29. The number of alkyl halides is 3. The summed E-state index contributed by atoms with van der Waals surface area (Å²) in [5.41, 5.74) is -1.98. The molecule has 0 radical (unpaired) electrons. The zero-order valence-electron chi connectivity index (χ0n) is 13.1. The molecule has 2 heterocycles. The third kappa shape index (κ3) is 4.21. The highest BCUT2D eigenvalue weighted by molar-refractivity contribution is 7.20. The number of aromatic nitrogens is 3. The first kappa shape index (κ1) is 17.7. The summed E-state index contributed by atoms with van der Waals surface area (Å²) in [6.45, 7) is 5.66. The lowest BCUT2D eigenvalue weighted by Crippen LogP contribution is -2.26. The van der Waals surface area contributed by atoms with E-state index in [1.54, 1.807) is 0 Å². The Morgan fingerprint density at radius 3 is 2.35 bits per heavy atom. The van der Waals surface area contributed by atoms with Gasteiger partial charge in [0, 0.05) is 19.2 Å². The van der Waals surface area contributed by atoms with Crippen molar-refractivity contribution in [1.82, 2.24) is 14.6 Å². The number of unbranched alkanes of at least 4 members (excludes halogenated alkanes) is 2. The smallest absolute Gasteiger partial charge is 0.347 e. The van der Waals surface area contributed by atoms with E-state index < -0.39 is 17.4 Å². The lowest BCUT2D eigenvalue weighted by atomic mass is 10.3. The number of hydrogen-bond donors (Lipinski definition) is 0. The zero-order chi connectivity index (χ0) is 17.0. The van der Waals surface area contributed by atoms with E-state index >= 15 is 0 Å². The van der Waals surface area contributed by atoms with Crippen LogP contribution in [0, 0.1) is 0 Å². The number of hydrogen-bond acceptors (Lipinski definition) is 5. The van der Waals surface area contributed by atoms with Gasteiger partial charge in [-0.25, -0.2) is 4.98 Å². The van der Waals surface area contributed by atoms with Crippen molar-refractivity contribution in [2.24, 2.45) is 0 Å². The van der Waals surface area contributed by atoms with Gasteiger partial charge >= 0.3 is 6.18 Å². The highest BCUT2D eigenvalue weighted by Gasteiger charge is 2.34. The van der Waals surface area contributed by atoms with Gasteiger partial charge in [0.15, 0.2) is 5.69 Å². The summed E-state index contributed by atoms with van der Waals surface area (Å²) in [5, 5.41) is 4.70. The fraction of sp³-hybridized carbons (Fsp3) is 0.643. The fourth-order valence-corrected chi connectivity index (χ4v) is 3.03. The number of halogens is 3. The van der Waals surface area contributed by atoms with Crippen LogP contribution in [0.2, 0.25) is 0 Å². The van der Waals surface area contributed by atoms with Gasteiger partial charge in [-0.1, -0.05) is 38.0 Å². The molecule has 0 N–H and O–H groups in total. The van der Waals surface area contributed by atoms with E-state index in [0.717, 1.165) is 54.6 Å². The standard InChI is InChI=1S/C14H19F3N4OS/c1-3-5-7-20(8-6-4-2)13-19-21-11(22)9-10(14(15,16)17)18-12(21)23-13/h9H,3-8H2,1-2H3. The topological polar surface area (TPSA) is 50.5 Å². The first-order valence-electron chi connectivity index (χ1n) is 7.59. The Hall–Kier alpha value is -1.64. The maximum atomic E-state index is 12.8. The summed E-state index contributed by atoms with van der Waals surface area (Å²) >= 11 is 1.02. The second-order valence-corrected chi connectivity index (χ2v) is 6.18. The molecule has 2 rings (SSSR count). The summed E-state index contributed by atoms with van der Waals surface area (Å²) in [7, 11) is 0. The van der Waals surface area contributed by atoms with Crippen molar-refractivity contribution >= 4 is 21.4 Å². The van der Waals surface area contributed by atoms with Gasteiger partial charge in [-0.05, 0) is 12.8 Å². The Morgan fingerprint density at radius 2 is 1.83 bits per heavy atom. The predicted octanol–water partition coefficient (Wildman–Crippen LogP) is 3.58. The van der Waals surface area contributed by atoms with Crippen LogP contribution in [0.1, 0.15) is 45.2 Å². The molecule has 0 spiro atoms. The van der Waals surface area contributed by atoms with Crippen LogP contribution in [0.5, 0.6) is 0 Å². The van der Waals surface area contributed by atoms with Crippen LogP contribution < -0.4 is 10.5 Å². The molecule has 2 aromatic heterocycles. The van der Waals surface area contributed by atoms with Gasteiger partial charge in [-0.15, -0.1) is 5.10 Å². The predicted molar refractivity (Wildman–Crippen MR) is 84.2 cm³/mol. The van der Waals surface area contributed by atoms with Crippen molar-refractivity contribution in [3.05, 3.63) is 22.1 Å². The van der Waals surface area contributed by atoms with Crippen molar-refractivity contribution in [2.75, 3.05) is 18.0 Å². The summed E-state index contributed by atoms with van der Waals surface area (Å²) in [5.74, 6) is 0. The average Bonchev–Trinajstić information content (AvgIpc) is 2.91. The maximum Gasteiger partial charge on any atom is 0.433 e. The van der Waals surface area contributed by atoms with Gasteiger partial charge in [-0.2, -0.15) is 17.7 Å². The molecule has 5 nitrogen and oxygen atoms in total. The number of anilines is 1. The first-order chi connectivity index (χ1) is 10.9. The van der Waals surface area contributed by atoms with Gasteiger partial charge in [0.25, 0.3) is 5.56 Å². The lowest BCUT2D eigenvalue weighted by molar-refractivity contribution is -0.141. The van der Waals surface area contributed by atoms with Gasteiger partial charge in [0.1, 0.15) is 0 Å². The van der Waals surface area contributed by atoms with E-state index in [2.05, 4.69) is 23.9 Å². The molecular weight excluding hydrogens is 329 g/mol. The monoisotopic (exact) mass is 348 g/mol. The normalized spacial score (nSPS) is 12.0. The largest absolute Gasteiger partial charge is 0.433 e. The minimum absolute atomic E-state index is 0.0298. The molecule has 9 heteroatoms. The van der Waals surface area contributed by atoms with Gasteiger partial charge in [0.05, 0.1) is 0 Å². The molecule has 0 bridgehead atoms. The molecule has 0 aliphatic heterocycles. The van der Waals surface area contributed by atoms with E-state index in [4.69, 9.17) is 0 Å². The minimum atomic E-state index is -4.64. The first-order valence-corrected chi connectivity index (χ1v) is 8.41. The lowest BCUT2D eigenvalue weighted by Gasteiger charge is -2.20. The quantitative estimate of drug-likeness (QED) is 0.767. The molecule has 0 aliphatic rings. The molecule has 0 atom stereocenters. The highest BCUT2D eigenvalue weighted by atomic mass is 32.1. The van der Waals surface area contributed by atoms with E-state index in [0.29, 0.717) is 11.2 Å². The second kappa shape index (κ2) is 7.29. The van der Waals surface area contributed by atoms with E-state index in [9.17, 15) is 18.0 Å². The van der Waals surface area contributed by atoms with Crippen LogP contribution >= 0.6 is 11.3 Å². The van der Waals surface area contributed by atoms with Gasteiger partial charge < -0.3 is 4.90 Å². The van der Waals surface area contributed by atoms with E-state index in [-0.39, 0.29) is 4.96 Å². The molecule has 128 valence electrons. The van der Waals surface area contributed by atoms with Crippen LogP contribution in [0.25, 0.3) is 4.96 Å². The molecule has 0 fully saturated rings. The molecule has 0 saturated carbocycles. The van der Waals surface area contributed by atoms with Gasteiger partial charge in [0.2, 0.25) is 10.1 Å². The minimum Gasteiger partial charge on any atom is -0.347 e. The Morgan fingerprint density at radius 1 is 1.22 bits per heavy atom. The molecule has 23 heavy (non-hydrogen) atoms. The average molecular weight is 348 g/mol. The Balaban J connectivity index is 2.40. The molecule has 2 aromatic rings. The fourth-order valence-electron chi connectivity index (χ4n) is 2.07. The number of nitrogens with zero attached hydrogens (tertiary/aromatic N) is 4. The Bertz CT molecular complexity index is 702. The molecule has 0 aromatic carbocycles. The molecule has 0 amide bonds. The van der Waals surface area contributed by atoms with Crippen molar-refractivity contribution in [3.63, 3.8) is 0 Å². The Labute approximate surface area is 135 Å². The van der Waals surface area contributed by atoms with Crippen LogP contribution in [0.15, 0.2) is 10.9 Å². The van der Waals surface area contributed by atoms with Crippen molar-refractivity contribution in [1.29, 1.82) is 0 Å². The van der Waals surface area contributed by atoms with Crippen LogP contribution in [-0.2, 0) is 6.18 Å². The van der Waals surface area contributed by atoms with Crippen LogP contribution in [0.3, 0.4) is 0 Å². The number of rotatable bonds is 7. The molecule has 0 aliphatic carbocycles. The van der Waals surface area contributed by atoms with Gasteiger partial charge in [-0.3, -0.25) is 4.79 Å². The Kier molecular flexibility index (Phi) is 5.61. The molecular formula is C14H19F3N4OS. The summed E-state index contributed by atoms with van der Waals surface area (Å²) < 4.78 is 39.2. The summed E-state index contributed by atoms with van der Waals surface area (Å²) in [4.78, 5) is 17.4. The van der Waals surface area contributed by atoms with Crippen molar-refractivity contribution < 1.29 is 13.2 Å². The summed E-state index contributed by atoms with van der Waals surface area (Å²) in [6, 6.07) is 0.485. The van der Waals surface area contributed by atoms with E-state index in [1.807, 2.05) is 4.90 Å². The van der Waals surface area contributed by atoms with E-state index in [1.165, 1.54) is 0 Å². The van der Waals surface area contributed by atoms with Crippen LogP contribution in [0.4, 0.5) is 18.3 Å². The second-order valence-electron chi connectivity index (χ2n) is 5.25. The SMILES string of the molecule is CCCCN(CCCC)c1nn2c(=O)cc(C(F)(F)F)nc2s1. The molecule has 0 saturated heterocycles. The summed E-state index contributed by atoms with van der Waals surface area (Å²) in [6.07, 6.45) is -0.721. The third-order valence-electron chi connectivity index (χ3n) is 3.36.